The molecule has 84 valence electrons. The molecule has 0 N–H and O–H groups in total. The lowest BCUT2D eigenvalue weighted by Crippen LogP contribution is -2.30. The topological polar surface area (TPSA) is 20.3 Å². The molecule has 0 aromatic heterocycles. The standard InChI is InChI=1S/C14H17NO/c16-13-8-14(12-6-7-12)15(10-13)9-11-4-2-1-3-5-11/h1-5,12,14H,6-10H2. The number of nitrogens with zero attached hydrogens (tertiary/aromatic N) is 1. The van der Waals surface area contributed by atoms with E-state index in [4.69, 9.17) is 0 Å². The molecule has 2 nitrogen and oxygen atoms in total. The summed E-state index contributed by atoms with van der Waals surface area (Å²) < 4.78 is 0. The van der Waals surface area contributed by atoms with Crippen molar-refractivity contribution >= 4 is 5.78 Å². The van der Waals surface area contributed by atoms with Crippen molar-refractivity contribution in [3.63, 3.8) is 0 Å². The highest BCUT2D eigenvalue weighted by atomic mass is 16.1. The van der Waals surface area contributed by atoms with Crippen LogP contribution in [0.25, 0.3) is 0 Å². The van der Waals surface area contributed by atoms with Gasteiger partial charge in [-0.25, -0.2) is 0 Å². The summed E-state index contributed by atoms with van der Waals surface area (Å²) in [6, 6.07) is 11.0. The minimum atomic E-state index is 0.424. The number of likely N-dealkylation sites (tertiary alicyclic amines) is 1. The Kier molecular flexibility index (Phi) is 2.52. The first-order valence-electron chi connectivity index (χ1n) is 6.12. The van der Waals surface area contributed by atoms with Crippen molar-refractivity contribution in [1.82, 2.24) is 4.90 Å². The van der Waals surface area contributed by atoms with E-state index in [1.165, 1.54) is 18.4 Å². The van der Waals surface area contributed by atoms with Gasteiger partial charge in [0.2, 0.25) is 0 Å². The lowest BCUT2D eigenvalue weighted by Gasteiger charge is -2.23. The first-order chi connectivity index (χ1) is 7.83. The summed E-state index contributed by atoms with van der Waals surface area (Å²) in [4.78, 5) is 13.9. The predicted molar refractivity (Wildman–Crippen MR) is 63.0 cm³/mol. The maximum Gasteiger partial charge on any atom is 0.148 e. The van der Waals surface area contributed by atoms with E-state index in [0.29, 0.717) is 18.4 Å². The summed E-state index contributed by atoms with van der Waals surface area (Å²) >= 11 is 0. The number of carbonyl (C=O) groups is 1. The van der Waals surface area contributed by atoms with Gasteiger partial charge in [-0.3, -0.25) is 9.69 Å². The maximum absolute atomic E-state index is 11.5. The van der Waals surface area contributed by atoms with Gasteiger partial charge in [0.05, 0.1) is 6.54 Å². The van der Waals surface area contributed by atoms with Gasteiger partial charge in [0.25, 0.3) is 0 Å². The summed E-state index contributed by atoms with van der Waals surface area (Å²) in [5, 5.41) is 0. The lowest BCUT2D eigenvalue weighted by atomic mass is 10.1. The molecule has 2 fully saturated rings. The fraction of sp³-hybridized carbons (Fsp3) is 0.500. The summed E-state index contributed by atoms with van der Waals surface area (Å²) in [5.74, 6) is 1.22. The van der Waals surface area contributed by atoms with E-state index in [0.717, 1.165) is 18.9 Å². The van der Waals surface area contributed by atoms with E-state index in [1.807, 2.05) is 6.07 Å². The van der Waals surface area contributed by atoms with Gasteiger partial charge in [0.1, 0.15) is 5.78 Å². The number of hydrogen-bond donors (Lipinski definition) is 0. The molecule has 1 aromatic carbocycles. The largest absolute Gasteiger partial charge is 0.298 e. The molecule has 1 aliphatic carbocycles. The van der Waals surface area contributed by atoms with Crippen molar-refractivity contribution in [3.8, 4) is 0 Å². The molecular weight excluding hydrogens is 198 g/mol. The third-order valence-electron chi connectivity index (χ3n) is 3.68. The Morgan fingerprint density at radius 3 is 2.62 bits per heavy atom. The van der Waals surface area contributed by atoms with E-state index >= 15 is 0 Å². The van der Waals surface area contributed by atoms with Gasteiger partial charge in [-0.05, 0) is 24.3 Å². The van der Waals surface area contributed by atoms with Crippen LogP contribution in [0.3, 0.4) is 0 Å². The van der Waals surface area contributed by atoms with Gasteiger partial charge in [0.15, 0.2) is 0 Å². The fourth-order valence-electron chi connectivity index (χ4n) is 2.71. The van der Waals surface area contributed by atoms with Crippen molar-refractivity contribution in [1.29, 1.82) is 0 Å². The number of carbonyl (C=O) groups excluding carboxylic acids is 1. The molecule has 1 saturated carbocycles. The van der Waals surface area contributed by atoms with E-state index in [1.54, 1.807) is 0 Å². The van der Waals surface area contributed by atoms with Gasteiger partial charge < -0.3 is 0 Å². The van der Waals surface area contributed by atoms with Crippen LogP contribution in [0.1, 0.15) is 24.8 Å². The molecule has 1 heterocycles. The van der Waals surface area contributed by atoms with E-state index < -0.39 is 0 Å². The average molecular weight is 215 g/mol. The predicted octanol–water partition coefficient (Wildman–Crippen LogP) is 2.24. The smallest absolute Gasteiger partial charge is 0.148 e. The molecule has 2 heteroatoms. The first kappa shape index (κ1) is 10.0. The number of rotatable bonds is 3. The Labute approximate surface area is 96.3 Å². The van der Waals surface area contributed by atoms with E-state index in [9.17, 15) is 4.79 Å². The molecule has 2 aliphatic rings. The normalized spacial score (nSPS) is 26.2. The summed E-state index contributed by atoms with van der Waals surface area (Å²) in [6.45, 7) is 1.60. The second-order valence-electron chi connectivity index (χ2n) is 5.04. The van der Waals surface area contributed by atoms with Crippen LogP contribution in [-0.2, 0) is 11.3 Å². The van der Waals surface area contributed by atoms with Crippen molar-refractivity contribution in [3.05, 3.63) is 35.9 Å². The third kappa shape index (κ3) is 2.03. The molecule has 1 aliphatic heterocycles. The van der Waals surface area contributed by atoms with Crippen molar-refractivity contribution < 1.29 is 4.79 Å². The number of hydrogen-bond acceptors (Lipinski definition) is 2. The van der Waals surface area contributed by atoms with Gasteiger partial charge in [-0.15, -0.1) is 0 Å². The van der Waals surface area contributed by atoms with Crippen LogP contribution in [0.15, 0.2) is 30.3 Å². The molecule has 0 radical (unpaired) electrons. The average Bonchev–Trinajstić information content (AvgIpc) is 3.06. The van der Waals surface area contributed by atoms with Crippen molar-refractivity contribution in [2.24, 2.45) is 5.92 Å². The molecule has 1 aromatic rings. The maximum atomic E-state index is 11.5. The fourth-order valence-corrected chi connectivity index (χ4v) is 2.71. The Hall–Kier alpha value is -1.15. The van der Waals surface area contributed by atoms with Crippen LogP contribution in [0.2, 0.25) is 0 Å². The first-order valence-corrected chi connectivity index (χ1v) is 6.12. The number of ketones is 1. The number of Topliss-reactive ketones (excluding diaryl/α,β-unsaturated/α-hetero) is 1. The second kappa shape index (κ2) is 4.02. The van der Waals surface area contributed by atoms with Crippen LogP contribution in [0.5, 0.6) is 0 Å². The highest BCUT2D eigenvalue weighted by Crippen LogP contribution is 2.39. The Morgan fingerprint density at radius 1 is 1.19 bits per heavy atom. The quantitative estimate of drug-likeness (QED) is 0.770. The lowest BCUT2D eigenvalue weighted by molar-refractivity contribution is -0.117. The molecular formula is C14H17NO. The molecule has 1 atom stereocenters. The highest BCUT2D eigenvalue weighted by molar-refractivity contribution is 5.83. The minimum Gasteiger partial charge on any atom is -0.298 e. The summed E-state index contributed by atoms with van der Waals surface area (Å²) in [7, 11) is 0. The van der Waals surface area contributed by atoms with Gasteiger partial charge in [-0.2, -0.15) is 0 Å². The Morgan fingerprint density at radius 2 is 1.94 bits per heavy atom. The molecule has 1 unspecified atom stereocenters. The zero-order chi connectivity index (χ0) is 11.0. The Balaban J connectivity index is 1.71. The van der Waals surface area contributed by atoms with Gasteiger partial charge >= 0.3 is 0 Å². The molecule has 16 heavy (non-hydrogen) atoms. The summed E-state index contributed by atoms with van der Waals surface area (Å²) in [5.41, 5.74) is 1.32. The van der Waals surface area contributed by atoms with Crippen LogP contribution in [-0.4, -0.2) is 23.3 Å². The van der Waals surface area contributed by atoms with Crippen LogP contribution in [0, 0.1) is 5.92 Å². The zero-order valence-corrected chi connectivity index (χ0v) is 9.43. The molecule has 1 saturated heterocycles. The SMILES string of the molecule is O=C1CC(C2CC2)N(Cc2ccccc2)C1. The van der Waals surface area contributed by atoms with Crippen molar-refractivity contribution in [2.45, 2.75) is 31.8 Å². The highest BCUT2D eigenvalue weighted by Gasteiger charge is 2.40. The number of benzene rings is 1. The van der Waals surface area contributed by atoms with E-state index in [-0.39, 0.29) is 0 Å². The second-order valence-corrected chi connectivity index (χ2v) is 5.04. The zero-order valence-electron chi connectivity index (χ0n) is 9.43. The van der Waals surface area contributed by atoms with Crippen molar-refractivity contribution in [2.75, 3.05) is 6.54 Å². The van der Waals surface area contributed by atoms with E-state index in [2.05, 4.69) is 29.2 Å². The van der Waals surface area contributed by atoms with Crippen LogP contribution < -0.4 is 0 Å². The van der Waals surface area contributed by atoms with Gasteiger partial charge in [0, 0.05) is 19.0 Å². The molecule has 0 bridgehead atoms. The monoisotopic (exact) mass is 215 g/mol. The Bertz CT molecular complexity index is 383. The van der Waals surface area contributed by atoms with Gasteiger partial charge in [-0.1, -0.05) is 30.3 Å². The molecule has 0 amide bonds. The van der Waals surface area contributed by atoms with Crippen LogP contribution >= 0.6 is 0 Å². The third-order valence-corrected chi connectivity index (χ3v) is 3.68. The minimum absolute atomic E-state index is 0.424. The van der Waals surface area contributed by atoms with Crippen LogP contribution in [0.4, 0.5) is 0 Å². The summed E-state index contributed by atoms with van der Waals surface area (Å²) in [6.07, 6.45) is 3.43. The molecule has 3 rings (SSSR count). The molecule has 0 spiro atoms.